The third-order valence-electron chi connectivity index (χ3n) is 7.33. The minimum atomic E-state index is -3.40. The van der Waals surface area contributed by atoms with Gasteiger partial charge in [0, 0.05) is 29.4 Å². The van der Waals surface area contributed by atoms with E-state index in [1.807, 2.05) is 19.1 Å². The minimum Gasteiger partial charge on any atom is -0.481 e. The molecule has 2 heterocycles. The Balaban J connectivity index is 1.89. The number of rotatable bonds is 9. The van der Waals surface area contributed by atoms with E-state index in [0.717, 1.165) is 11.1 Å². The summed E-state index contributed by atoms with van der Waals surface area (Å²) in [6.07, 6.45) is 4.76. The zero-order chi connectivity index (χ0) is 26.3. The summed E-state index contributed by atoms with van der Waals surface area (Å²) in [5.41, 5.74) is 0.312. The molecule has 0 unspecified atom stereocenters. The Hall–Kier alpha value is -2.16. The molecule has 1 aliphatic heterocycles. The number of amides is 1. The second kappa shape index (κ2) is 10.3. The molecule has 1 saturated heterocycles. The molecule has 194 valence electrons. The number of halogens is 2. The van der Waals surface area contributed by atoms with E-state index in [1.165, 1.54) is 6.20 Å². The van der Waals surface area contributed by atoms with Crippen LogP contribution in [0.15, 0.2) is 42.7 Å². The van der Waals surface area contributed by atoms with E-state index in [0.29, 0.717) is 29.3 Å². The van der Waals surface area contributed by atoms with Crippen LogP contribution in [0.2, 0.25) is 10.0 Å². The molecule has 4 atom stereocenters. The van der Waals surface area contributed by atoms with Crippen LogP contribution >= 0.6 is 23.2 Å². The van der Waals surface area contributed by atoms with Gasteiger partial charge in [0.25, 0.3) is 0 Å². The number of hydrogen-bond donors (Lipinski definition) is 1. The molecule has 36 heavy (non-hydrogen) atoms. The molecule has 1 aromatic heterocycles. The smallest absolute Gasteiger partial charge is 0.304 e. The molecule has 0 radical (unpaired) electrons. The van der Waals surface area contributed by atoms with Gasteiger partial charge in [-0.1, -0.05) is 49.2 Å². The molecule has 2 fully saturated rings. The fourth-order valence-corrected chi connectivity index (χ4v) is 7.77. The third kappa shape index (κ3) is 5.55. The number of benzene rings is 1. The number of aromatic nitrogens is 1. The van der Waals surface area contributed by atoms with Gasteiger partial charge in [0.05, 0.1) is 33.9 Å². The Bertz CT molecular complexity index is 1250. The first-order valence-electron chi connectivity index (χ1n) is 12.1. The maximum Gasteiger partial charge on any atom is 0.304 e. The molecule has 0 bridgehead atoms. The van der Waals surface area contributed by atoms with Crippen LogP contribution in [0.4, 0.5) is 0 Å². The van der Waals surface area contributed by atoms with Crippen LogP contribution in [0, 0.1) is 5.41 Å². The zero-order valence-electron chi connectivity index (χ0n) is 20.2. The molecule has 1 aliphatic carbocycles. The van der Waals surface area contributed by atoms with Gasteiger partial charge >= 0.3 is 5.97 Å². The number of sulfone groups is 1. The zero-order valence-corrected chi connectivity index (χ0v) is 22.6. The summed E-state index contributed by atoms with van der Waals surface area (Å²) < 4.78 is 26.1. The highest BCUT2D eigenvalue weighted by Gasteiger charge is 2.53. The molecule has 1 saturated carbocycles. The predicted molar refractivity (Wildman–Crippen MR) is 139 cm³/mol. The lowest BCUT2D eigenvalue weighted by molar-refractivity contribution is -0.160. The predicted octanol–water partition coefficient (Wildman–Crippen LogP) is 5.28. The van der Waals surface area contributed by atoms with Crippen molar-refractivity contribution in [2.24, 2.45) is 5.41 Å². The molecular formula is C26H30Cl2N2O5S. The van der Waals surface area contributed by atoms with Crippen molar-refractivity contribution in [3.63, 3.8) is 0 Å². The van der Waals surface area contributed by atoms with Gasteiger partial charge in [-0.05, 0) is 55.0 Å². The third-order valence-corrected chi connectivity index (χ3v) is 10.1. The largest absolute Gasteiger partial charge is 0.481 e. The first-order chi connectivity index (χ1) is 16.9. The summed E-state index contributed by atoms with van der Waals surface area (Å²) in [5.74, 6) is -1.96. The molecular weight excluding hydrogens is 523 g/mol. The maximum absolute atomic E-state index is 14.1. The fraction of sp³-hybridized carbons (Fsp3) is 0.500. The van der Waals surface area contributed by atoms with Gasteiger partial charge in [-0.2, -0.15) is 0 Å². The normalized spacial score (nSPS) is 25.6. The van der Waals surface area contributed by atoms with E-state index in [2.05, 4.69) is 4.98 Å². The van der Waals surface area contributed by atoms with Gasteiger partial charge in [0.15, 0.2) is 9.84 Å². The van der Waals surface area contributed by atoms with E-state index >= 15 is 0 Å². The van der Waals surface area contributed by atoms with E-state index in [1.54, 1.807) is 36.2 Å². The number of likely N-dealkylation sites (tertiary alicyclic amines) is 1. The maximum atomic E-state index is 14.1. The highest BCUT2D eigenvalue weighted by molar-refractivity contribution is 7.92. The molecule has 2 aromatic rings. The van der Waals surface area contributed by atoms with Crippen molar-refractivity contribution in [3.8, 4) is 0 Å². The van der Waals surface area contributed by atoms with Crippen LogP contribution in [0.5, 0.6) is 0 Å². The van der Waals surface area contributed by atoms with E-state index < -0.39 is 33.3 Å². The lowest BCUT2D eigenvalue weighted by Gasteiger charge is -2.51. The number of carboxylic acid groups (broad SMARTS) is 1. The van der Waals surface area contributed by atoms with Crippen molar-refractivity contribution in [3.05, 3.63) is 63.9 Å². The van der Waals surface area contributed by atoms with Crippen molar-refractivity contribution in [1.29, 1.82) is 0 Å². The molecule has 2 aliphatic rings. The topological polar surface area (TPSA) is 105 Å². The summed E-state index contributed by atoms with van der Waals surface area (Å²) in [4.78, 5) is 31.9. The molecule has 1 aromatic carbocycles. The summed E-state index contributed by atoms with van der Waals surface area (Å²) in [6, 6.07) is 7.75. The van der Waals surface area contributed by atoms with Gasteiger partial charge in [-0.15, -0.1) is 0 Å². The van der Waals surface area contributed by atoms with Crippen LogP contribution in [-0.4, -0.2) is 52.3 Å². The Kier molecular flexibility index (Phi) is 7.70. The Labute approximate surface area is 221 Å². The number of carboxylic acids is 1. The Morgan fingerprint density at radius 2 is 1.83 bits per heavy atom. The summed E-state index contributed by atoms with van der Waals surface area (Å²) in [6.45, 7) is 3.51. The second-order valence-electron chi connectivity index (χ2n) is 10.2. The van der Waals surface area contributed by atoms with E-state index in [4.69, 9.17) is 23.2 Å². The van der Waals surface area contributed by atoms with Crippen molar-refractivity contribution in [2.45, 2.75) is 69.2 Å². The standard InChI is InChI=1S/C26H30Cl2N2O5S/c1-3-20(15-36(34,35)21-8-9-21)30-24(16-4-6-18(27)7-5-16)22(17-10-19(28)14-29-13-17)11-26(2,25(30)33)12-23(31)32/h4-7,10,13-14,20-22,24H,3,8-9,11-12,15H2,1-2H3,(H,31,32)/t20-,22+,24+,26+/m0/s1. The molecule has 4 rings (SSSR count). The van der Waals surface area contributed by atoms with Gasteiger partial charge < -0.3 is 10.0 Å². The van der Waals surface area contributed by atoms with E-state index in [9.17, 15) is 23.1 Å². The number of nitrogens with zero attached hydrogens (tertiary/aromatic N) is 2. The molecule has 10 heteroatoms. The summed E-state index contributed by atoms with van der Waals surface area (Å²) >= 11 is 12.4. The highest BCUT2D eigenvalue weighted by atomic mass is 35.5. The fourth-order valence-electron chi connectivity index (χ4n) is 5.40. The molecule has 1 amide bonds. The first kappa shape index (κ1) is 26.9. The average Bonchev–Trinajstić information content (AvgIpc) is 3.66. The quantitative estimate of drug-likeness (QED) is 0.453. The van der Waals surface area contributed by atoms with Gasteiger partial charge in [-0.3, -0.25) is 14.6 Å². The summed E-state index contributed by atoms with van der Waals surface area (Å²) in [7, 11) is -3.40. The number of carbonyl (C=O) groups is 2. The monoisotopic (exact) mass is 552 g/mol. The van der Waals surface area contributed by atoms with Crippen molar-refractivity contribution < 1.29 is 23.1 Å². The minimum absolute atomic E-state index is 0.159. The SMILES string of the molecule is CC[C@@H](CS(=O)(=O)C1CC1)N1C(=O)[C@@](C)(CC(=O)O)C[C@H](c2cncc(Cl)c2)[C@H]1c1ccc(Cl)cc1. The van der Waals surface area contributed by atoms with E-state index in [-0.39, 0.29) is 35.7 Å². The van der Waals surface area contributed by atoms with Crippen LogP contribution in [-0.2, 0) is 19.4 Å². The number of carbonyl (C=O) groups excluding carboxylic acids is 1. The molecule has 1 N–H and O–H groups in total. The molecule has 0 spiro atoms. The van der Waals surface area contributed by atoms with Crippen LogP contribution in [0.25, 0.3) is 0 Å². The number of pyridine rings is 1. The van der Waals surface area contributed by atoms with Crippen LogP contribution in [0.3, 0.4) is 0 Å². The summed E-state index contributed by atoms with van der Waals surface area (Å²) in [5, 5.41) is 10.3. The number of piperidine rings is 1. The lowest BCUT2D eigenvalue weighted by Crippen LogP contribution is -2.57. The van der Waals surface area contributed by atoms with Gasteiger partial charge in [0.1, 0.15) is 0 Å². The second-order valence-corrected chi connectivity index (χ2v) is 13.4. The number of hydrogen-bond acceptors (Lipinski definition) is 5. The van der Waals surface area contributed by atoms with Crippen LogP contribution in [0.1, 0.15) is 69.0 Å². The van der Waals surface area contributed by atoms with Crippen molar-refractivity contribution >= 4 is 44.9 Å². The molecule has 7 nitrogen and oxygen atoms in total. The van der Waals surface area contributed by atoms with Crippen molar-refractivity contribution in [2.75, 3.05) is 5.75 Å². The lowest BCUT2D eigenvalue weighted by atomic mass is 9.67. The van der Waals surface area contributed by atoms with Crippen molar-refractivity contribution in [1.82, 2.24) is 9.88 Å². The number of aliphatic carboxylic acids is 1. The average molecular weight is 554 g/mol. The Morgan fingerprint density at radius 3 is 2.39 bits per heavy atom. The van der Waals surface area contributed by atoms with Gasteiger partial charge in [-0.25, -0.2) is 8.42 Å². The Morgan fingerprint density at radius 1 is 1.17 bits per heavy atom. The first-order valence-corrected chi connectivity index (χ1v) is 14.5. The van der Waals surface area contributed by atoms with Crippen LogP contribution < -0.4 is 0 Å². The highest BCUT2D eigenvalue weighted by Crippen LogP contribution is 2.52. The van der Waals surface area contributed by atoms with Gasteiger partial charge in [0.2, 0.25) is 5.91 Å².